The van der Waals surface area contributed by atoms with Gasteiger partial charge in [0.2, 0.25) is 5.91 Å². The molecule has 0 radical (unpaired) electrons. The van der Waals surface area contributed by atoms with Crippen LogP contribution in [0.2, 0.25) is 0 Å². The Balaban J connectivity index is 1.27. The van der Waals surface area contributed by atoms with E-state index in [1.165, 1.54) is 11.1 Å². The fourth-order valence-corrected chi connectivity index (χ4v) is 4.13. The molecule has 3 aromatic rings. The standard InChI is InChI=1S/C22H27N5O2/c1-15-14-18(29-2)7-6-16(15)4-3-5-19(28)27-12-8-17(9-13-27)20-21-22(26-25-20)24-11-10-23-21/h6-7,10-11,14,17H,3-5,8-9,12-13H2,1-2H3,(H,24,25,26). The summed E-state index contributed by atoms with van der Waals surface area (Å²) in [7, 11) is 1.68. The van der Waals surface area contributed by atoms with Crippen molar-refractivity contribution in [1.29, 1.82) is 0 Å². The van der Waals surface area contributed by atoms with Crippen molar-refractivity contribution in [2.24, 2.45) is 0 Å². The number of nitrogens with zero attached hydrogens (tertiary/aromatic N) is 4. The number of fused-ring (bicyclic) bond motifs is 1. The summed E-state index contributed by atoms with van der Waals surface area (Å²) in [6, 6.07) is 6.13. The van der Waals surface area contributed by atoms with Gasteiger partial charge in [0.05, 0.1) is 12.8 Å². The summed E-state index contributed by atoms with van der Waals surface area (Å²) in [6.07, 6.45) is 7.58. The zero-order valence-electron chi connectivity index (χ0n) is 17.0. The van der Waals surface area contributed by atoms with Gasteiger partial charge in [-0.25, -0.2) is 9.97 Å². The molecule has 1 aromatic carbocycles. The van der Waals surface area contributed by atoms with Crippen LogP contribution in [0.3, 0.4) is 0 Å². The van der Waals surface area contributed by atoms with Crippen molar-refractivity contribution in [3.63, 3.8) is 0 Å². The lowest BCUT2D eigenvalue weighted by Crippen LogP contribution is -2.38. The number of H-pyrrole nitrogens is 1. The molecule has 1 aliphatic rings. The highest BCUT2D eigenvalue weighted by Crippen LogP contribution is 2.30. The van der Waals surface area contributed by atoms with Crippen molar-refractivity contribution in [1.82, 2.24) is 25.1 Å². The number of piperidine rings is 1. The molecule has 0 bridgehead atoms. The molecule has 152 valence electrons. The highest BCUT2D eigenvalue weighted by Gasteiger charge is 2.26. The lowest BCUT2D eigenvalue weighted by Gasteiger charge is -2.31. The van der Waals surface area contributed by atoms with Crippen LogP contribution in [0.4, 0.5) is 0 Å². The first-order valence-corrected chi connectivity index (χ1v) is 10.2. The number of amides is 1. The summed E-state index contributed by atoms with van der Waals surface area (Å²) in [5.41, 5.74) is 5.06. The summed E-state index contributed by atoms with van der Waals surface area (Å²) in [5.74, 6) is 1.48. The van der Waals surface area contributed by atoms with Gasteiger partial charge in [-0.15, -0.1) is 0 Å². The monoisotopic (exact) mass is 393 g/mol. The summed E-state index contributed by atoms with van der Waals surface area (Å²) in [6.45, 7) is 3.66. The normalized spacial score (nSPS) is 15.0. The molecule has 3 heterocycles. The van der Waals surface area contributed by atoms with Crippen LogP contribution >= 0.6 is 0 Å². The number of benzene rings is 1. The number of ether oxygens (including phenoxy) is 1. The Morgan fingerprint density at radius 1 is 1.24 bits per heavy atom. The summed E-state index contributed by atoms with van der Waals surface area (Å²) < 4.78 is 5.26. The SMILES string of the molecule is COc1ccc(CCCC(=O)N2CCC(c3[nH]nc4nccnc34)CC2)c(C)c1. The maximum atomic E-state index is 12.6. The van der Waals surface area contributed by atoms with E-state index >= 15 is 0 Å². The van der Waals surface area contributed by atoms with E-state index in [-0.39, 0.29) is 5.91 Å². The maximum Gasteiger partial charge on any atom is 0.222 e. The third-order valence-corrected chi connectivity index (χ3v) is 5.86. The predicted octanol–water partition coefficient (Wildman–Crippen LogP) is 3.40. The van der Waals surface area contributed by atoms with Gasteiger partial charge in [-0.3, -0.25) is 9.89 Å². The van der Waals surface area contributed by atoms with Gasteiger partial charge in [0.25, 0.3) is 0 Å². The lowest BCUT2D eigenvalue weighted by atomic mass is 9.92. The summed E-state index contributed by atoms with van der Waals surface area (Å²) in [5, 5.41) is 7.35. The molecule has 1 N–H and O–H groups in total. The van der Waals surface area contributed by atoms with E-state index in [1.54, 1.807) is 19.5 Å². The van der Waals surface area contributed by atoms with Crippen LogP contribution in [0.1, 0.15) is 48.4 Å². The second kappa shape index (κ2) is 8.59. The van der Waals surface area contributed by atoms with Crippen LogP contribution in [0.25, 0.3) is 11.2 Å². The average molecular weight is 393 g/mol. The van der Waals surface area contributed by atoms with E-state index in [4.69, 9.17) is 4.74 Å². The lowest BCUT2D eigenvalue weighted by molar-refractivity contribution is -0.132. The number of nitrogens with one attached hydrogen (secondary N) is 1. The van der Waals surface area contributed by atoms with Crippen LogP contribution in [0, 0.1) is 6.92 Å². The molecule has 4 rings (SSSR count). The number of hydrogen-bond acceptors (Lipinski definition) is 5. The van der Waals surface area contributed by atoms with Gasteiger partial charge in [-0.1, -0.05) is 6.07 Å². The van der Waals surface area contributed by atoms with E-state index in [1.807, 2.05) is 17.0 Å². The zero-order valence-corrected chi connectivity index (χ0v) is 17.0. The number of hydrogen-bond donors (Lipinski definition) is 1. The van der Waals surface area contributed by atoms with E-state index in [0.717, 1.165) is 55.7 Å². The van der Waals surface area contributed by atoms with Crippen molar-refractivity contribution in [2.45, 2.75) is 44.9 Å². The van der Waals surface area contributed by atoms with Crippen molar-refractivity contribution in [3.8, 4) is 5.75 Å². The minimum absolute atomic E-state index is 0.254. The average Bonchev–Trinajstić information content (AvgIpc) is 3.19. The van der Waals surface area contributed by atoms with Crippen LogP contribution in [-0.2, 0) is 11.2 Å². The molecule has 0 spiro atoms. The molecule has 1 saturated heterocycles. The van der Waals surface area contributed by atoms with Gasteiger partial charge in [-0.2, -0.15) is 5.10 Å². The van der Waals surface area contributed by atoms with Crippen molar-refractivity contribution >= 4 is 17.1 Å². The number of aromatic amines is 1. The van der Waals surface area contributed by atoms with Gasteiger partial charge in [-0.05, 0) is 55.9 Å². The van der Waals surface area contributed by atoms with E-state index in [9.17, 15) is 4.79 Å². The minimum atomic E-state index is 0.254. The van der Waals surface area contributed by atoms with Crippen LogP contribution in [0.5, 0.6) is 5.75 Å². The van der Waals surface area contributed by atoms with E-state index in [2.05, 4.69) is 33.2 Å². The van der Waals surface area contributed by atoms with Crippen LogP contribution in [0.15, 0.2) is 30.6 Å². The van der Waals surface area contributed by atoms with E-state index in [0.29, 0.717) is 18.0 Å². The highest BCUT2D eigenvalue weighted by atomic mass is 16.5. The number of carbonyl (C=O) groups is 1. The fourth-order valence-electron chi connectivity index (χ4n) is 4.13. The number of rotatable bonds is 6. The van der Waals surface area contributed by atoms with Gasteiger partial charge >= 0.3 is 0 Å². The number of likely N-dealkylation sites (tertiary alicyclic amines) is 1. The number of aromatic nitrogens is 4. The van der Waals surface area contributed by atoms with Crippen molar-refractivity contribution in [3.05, 3.63) is 47.4 Å². The Labute approximate surface area is 170 Å². The molecule has 1 amide bonds. The smallest absolute Gasteiger partial charge is 0.222 e. The summed E-state index contributed by atoms with van der Waals surface area (Å²) >= 11 is 0. The van der Waals surface area contributed by atoms with Gasteiger partial charge in [0, 0.05) is 37.8 Å². The van der Waals surface area contributed by atoms with Gasteiger partial charge < -0.3 is 9.64 Å². The molecule has 0 saturated carbocycles. The fraction of sp³-hybridized carbons (Fsp3) is 0.455. The number of methoxy groups -OCH3 is 1. The third-order valence-electron chi connectivity index (χ3n) is 5.86. The van der Waals surface area contributed by atoms with Crippen LogP contribution in [-0.4, -0.2) is 51.2 Å². The van der Waals surface area contributed by atoms with Crippen LogP contribution < -0.4 is 4.74 Å². The quantitative estimate of drug-likeness (QED) is 0.694. The first-order valence-electron chi connectivity index (χ1n) is 10.2. The Hall–Kier alpha value is -2.96. The second-order valence-electron chi connectivity index (χ2n) is 7.67. The molecular formula is C22H27N5O2. The second-order valence-corrected chi connectivity index (χ2v) is 7.67. The minimum Gasteiger partial charge on any atom is -0.497 e. The molecular weight excluding hydrogens is 366 g/mol. The maximum absolute atomic E-state index is 12.6. The predicted molar refractivity (Wildman–Crippen MR) is 111 cm³/mol. The van der Waals surface area contributed by atoms with Gasteiger partial charge in [0.15, 0.2) is 5.65 Å². The summed E-state index contributed by atoms with van der Waals surface area (Å²) in [4.78, 5) is 23.3. The molecule has 7 heteroatoms. The molecule has 0 aliphatic carbocycles. The molecule has 2 aromatic heterocycles. The Bertz CT molecular complexity index is 992. The largest absolute Gasteiger partial charge is 0.497 e. The first kappa shape index (κ1) is 19.4. The molecule has 1 aliphatic heterocycles. The Morgan fingerprint density at radius 3 is 2.79 bits per heavy atom. The Morgan fingerprint density at radius 2 is 2.03 bits per heavy atom. The molecule has 29 heavy (non-hydrogen) atoms. The highest BCUT2D eigenvalue weighted by molar-refractivity contribution is 5.76. The first-order chi connectivity index (χ1) is 14.2. The molecule has 0 unspecified atom stereocenters. The Kier molecular flexibility index (Phi) is 5.74. The van der Waals surface area contributed by atoms with Crippen molar-refractivity contribution < 1.29 is 9.53 Å². The molecule has 7 nitrogen and oxygen atoms in total. The third kappa shape index (κ3) is 4.23. The van der Waals surface area contributed by atoms with Crippen molar-refractivity contribution in [2.75, 3.05) is 20.2 Å². The number of carbonyl (C=O) groups excluding carboxylic acids is 1. The number of aryl methyl sites for hydroxylation is 2. The zero-order chi connectivity index (χ0) is 20.2. The topological polar surface area (TPSA) is 84.0 Å². The molecule has 1 fully saturated rings. The van der Waals surface area contributed by atoms with Gasteiger partial charge in [0.1, 0.15) is 11.3 Å². The molecule has 0 atom stereocenters. The van der Waals surface area contributed by atoms with E-state index < -0.39 is 0 Å².